The van der Waals surface area contributed by atoms with Gasteiger partial charge in [0, 0.05) is 51.2 Å². The SMILES string of the molecule is CC(=O)N1CCN(CCC23CCCC(CC2)N3)CC1. The fourth-order valence-electron chi connectivity index (χ4n) is 4.11. The van der Waals surface area contributed by atoms with Gasteiger partial charge < -0.3 is 10.2 Å². The molecule has 3 heterocycles. The maximum atomic E-state index is 11.3. The van der Waals surface area contributed by atoms with E-state index in [0.717, 1.165) is 32.2 Å². The lowest BCUT2D eigenvalue weighted by Gasteiger charge is -2.39. The normalized spacial score (nSPS) is 35.6. The summed E-state index contributed by atoms with van der Waals surface area (Å²) in [6, 6.07) is 0.809. The summed E-state index contributed by atoms with van der Waals surface area (Å²) in [5, 5.41) is 3.88. The molecule has 1 amide bonds. The van der Waals surface area contributed by atoms with E-state index in [1.807, 2.05) is 4.90 Å². The second-order valence-electron chi connectivity index (χ2n) is 6.65. The van der Waals surface area contributed by atoms with Crippen molar-refractivity contribution in [1.82, 2.24) is 15.1 Å². The van der Waals surface area contributed by atoms with Gasteiger partial charge in [-0.1, -0.05) is 6.42 Å². The molecular formula is C15H27N3O. The topological polar surface area (TPSA) is 35.6 Å². The predicted octanol–water partition coefficient (Wildman–Crippen LogP) is 1.22. The summed E-state index contributed by atoms with van der Waals surface area (Å²) in [5.41, 5.74) is 0.459. The molecule has 4 nitrogen and oxygen atoms in total. The Labute approximate surface area is 116 Å². The molecule has 0 aromatic heterocycles. The molecule has 0 aromatic rings. The summed E-state index contributed by atoms with van der Waals surface area (Å²) in [4.78, 5) is 15.8. The van der Waals surface area contributed by atoms with Gasteiger partial charge in [0.15, 0.2) is 0 Å². The third-order valence-corrected chi connectivity index (χ3v) is 5.41. The van der Waals surface area contributed by atoms with Gasteiger partial charge >= 0.3 is 0 Å². The fraction of sp³-hybridized carbons (Fsp3) is 0.933. The van der Waals surface area contributed by atoms with Gasteiger partial charge in [0.05, 0.1) is 0 Å². The van der Waals surface area contributed by atoms with E-state index in [1.54, 1.807) is 6.92 Å². The van der Waals surface area contributed by atoms with Gasteiger partial charge in [0.25, 0.3) is 0 Å². The molecule has 108 valence electrons. The van der Waals surface area contributed by atoms with Gasteiger partial charge in [0.1, 0.15) is 0 Å². The summed E-state index contributed by atoms with van der Waals surface area (Å²) < 4.78 is 0. The van der Waals surface area contributed by atoms with Crippen molar-refractivity contribution in [1.29, 1.82) is 0 Å². The molecule has 4 heteroatoms. The minimum atomic E-state index is 0.228. The Balaban J connectivity index is 1.45. The Kier molecular flexibility index (Phi) is 3.81. The number of hydrogen-bond donors (Lipinski definition) is 1. The van der Waals surface area contributed by atoms with Crippen molar-refractivity contribution in [3.8, 4) is 0 Å². The van der Waals surface area contributed by atoms with E-state index >= 15 is 0 Å². The van der Waals surface area contributed by atoms with Crippen LogP contribution >= 0.6 is 0 Å². The van der Waals surface area contributed by atoms with Crippen molar-refractivity contribution in [2.24, 2.45) is 0 Å². The van der Waals surface area contributed by atoms with E-state index in [9.17, 15) is 4.79 Å². The van der Waals surface area contributed by atoms with Gasteiger partial charge in [0.2, 0.25) is 5.91 Å². The van der Waals surface area contributed by atoms with Gasteiger partial charge in [-0.15, -0.1) is 0 Å². The van der Waals surface area contributed by atoms with Crippen LogP contribution in [0.4, 0.5) is 0 Å². The number of rotatable bonds is 3. The number of fused-ring (bicyclic) bond motifs is 2. The van der Waals surface area contributed by atoms with Crippen LogP contribution in [0, 0.1) is 0 Å². The van der Waals surface area contributed by atoms with E-state index in [2.05, 4.69) is 10.2 Å². The first-order chi connectivity index (χ1) is 9.17. The Morgan fingerprint density at radius 1 is 1.21 bits per heavy atom. The lowest BCUT2D eigenvalue weighted by molar-refractivity contribution is -0.130. The van der Waals surface area contributed by atoms with Crippen LogP contribution in [0.5, 0.6) is 0 Å². The number of carbonyl (C=O) groups is 1. The Morgan fingerprint density at radius 2 is 2.00 bits per heavy atom. The first-order valence-electron chi connectivity index (χ1n) is 7.92. The molecule has 0 spiro atoms. The third-order valence-electron chi connectivity index (χ3n) is 5.41. The highest BCUT2D eigenvalue weighted by molar-refractivity contribution is 5.73. The molecular weight excluding hydrogens is 238 g/mol. The van der Waals surface area contributed by atoms with E-state index < -0.39 is 0 Å². The molecule has 0 aliphatic carbocycles. The van der Waals surface area contributed by atoms with Crippen molar-refractivity contribution in [3.63, 3.8) is 0 Å². The molecule has 2 atom stereocenters. The van der Waals surface area contributed by atoms with Crippen LogP contribution in [-0.4, -0.2) is 60.0 Å². The summed E-state index contributed by atoms with van der Waals surface area (Å²) in [6.45, 7) is 6.82. The van der Waals surface area contributed by atoms with E-state index in [-0.39, 0.29) is 5.91 Å². The van der Waals surface area contributed by atoms with Crippen LogP contribution in [0.3, 0.4) is 0 Å². The molecule has 0 aromatic carbocycles. The molecule has 1 N–H and O–H groups in total. The highest BCUT2D eigenvalue weighted by atomic mass is 16.2. The van der Waals surface area contributed by atoms with Gasteiger partial charge in [-0.3, -0.25) is 9.69 Å². The van der Waals surface area contributed by atoms with Gasteiger partial charge in [-0.2, -0.15) is 0 Å². The number of hydrogen-bond acceptors (Lipinski definition) is 3. The van der Waals surface area contributed by atoms with Crippen molar-refractivity contribution in [3.05, 3.63) is 0 Å². The number of piperazine rings is 1. The van der Waals surface area contributed by atoms with Crippen LogP contribution in [0.1, 0.15) is 45.4 Å². The first kappa shape index (κ1) is 13.4. The molecule has 2 bridgehead atoms. The van der Waals surface area contributed by atoms with Crippen LogP contribution in [0.2, 0.25) is 0 Å². The summed E-state index contributed by atoms with van der Waals surface area (Å²) in [5.74, 6) is 0.228. The van der Waals surface area contributed by atoms with Gasteiger partial charge in [-0.05, 0) is 32.1 Å². The first-order valence-corrected chi connectivity index (χ1v) is 7.92. The zero-order chi connectivity index (χ0) is 13.3. The number of nitrogens with one attached hydrogen (secondary N) is 1. The zero-order valence-electron chi connectivity index (χ0n) is 12.2. The molecule has 3 aliphatic rings. The quantitative estimate of drug-likeness (QED) is 0.833. The molecule has 2 unspecified atom stereocenters. The van der Waals surface area contributed by atoms with Crippen molar-refractivity contribution in [2.75, 3.05) is 32.7 Å². The number of nitrogens with zero attached hydrogens (tertiary/aromatic N) is 2. The highest BCUT2D eigenvalue weighted by Crippen LogP contribution is 2.37. The Bertz CT molecular complexity index is 334. The molecule has 0 radical (unpaired) electrons. The van der Waals surface area contributed by atoms with Crippen molar-refractivity contribution < 1.29 is 4.79 Å². The molecule has 3 rings (SSSR count). The lowest BCUT2D eigenvalue weighted by Crippen LogP contribution is -2.51. The fourth-order valence-corrected chi connectivity index (χ4v) is 4.11. The highest BCUT2D eigenvalue weighted by Gasteiger charge is 2.41. The smallest absolute Gasteiger partial charge is 0.219 e. The lowest BCUT2D eigenvalue weighted by atomic mass is 9.87. The zero-order valence-corrected chi connectivity index (χ0v) is 12.2. The molecule has 0 saturated carbocycles. The largest absolute Gasteiger partial charge is 0.340 e. The van der Waals surface area contributed by atoms with Crippen LogP contribution < -0.4 is 5.32 Å². The number of piperidine rings is 1. The van der Waals surface area contributed by atoms with E-state index in [1.165, 1.54) is 45.1 Å². The maximum absolute atomic E-state index is 11.3. The second-order valence-corrected chi connectivity index (χ2v) is 6.65. The average molecular weight is 265 g/mol. The number of amides is 1. The predicted molar refractivity (Wildman–Crippen MR) is 76.1 cm³/mol. The Morgan fingerprint density at radius 3 is 2.74 bits per heavy atom. The molecule has 3 aliphatic heterocycles. The minimum Gasteiger partial charge on any atom is -0.340 e. The second kappa shape index (κ2) is 5.41. The summed E-state index contributed by atoms with van der Waals surface area (Å²) >= 11 is 0. The van der Waals surface area contributed by atoms with Gasteiger partial charge in [-0.25, -0.2) is 0 Å². The van der Waals surface area contributed by atoms with E-state index in [0.29, 0.717) is 5.54 Å². The monoisotopic (exact) mass is 265 g/mol. The molecule has 3 fully saturated rings. The van der Waals surface area contributed by atoms with Crippen molar-refractivity contribution in [2.45, 2.75) is 57.0 Å². The average Bonchev–Trinajstić information content (AvgIpc) is 2.72. The minimum absolute atomic E-state index is 0.228. The maximum Gasteiger partial charge on any atom is 0.219 e. The van der Waals surface area contributed by atoms with Crippen LogP contribution in [0.15, 0.2) is 0 Å². The standard InChI is InChI=1S/C15H27N3O/c1-13(19)18-11-9-17(10-12-18)8-7-15-5-2-3-14(16-15)4-6-15/h14,16H,2-12H2,1H3. The van der Waals surface area contributed by atoms with Crippen molar-refractivity contribution >= 4 is 5.91 Å². The van der Waals surface area contributed by atoms with Crippen LogP contribution in [0.25, 0.3) is 0 Å². The molecule has 3 saturated heterocycles. The Hall–Kier alpha value is -0.610. The summed E-state index contributed by atoms with van der Waals surface area (Å²) in [7, 11) is 0. The molecule has 19 heavy (non-hydrogen) atoms. The number of carbonyl (C=O) groups excluding carboxylic acids is 1. The van der Waals surface area contributed by atoms with Crippen LogP contribution in [-0.2, 0) is 4.79 Å². The summed E-state index contributed by atoms with van der Waals surface area (Å²) in [6.07, 6.45) is 8.23. The third kappa shape index (κ3) is 2.95. The van der Waals surface area contributed by atoms with E-state index in [4.69, 9.17) is 0 Å².